The summed E-state index contributed by atoms with van der Waals surface area (Å²) in [4.78, 5) is 0. The van der Waals surface area contributed by atoms with Gasteiger partial charge in [0.2, 0.25) is 0 Å². The minimum absolute atomic E-state index is 0.203. The molecule has 120 valence electrons. The van der Waals surface area contributed by atoms with E-state index in [0.717, 1.165) is 18.4 Å². The van der Waals surface area contributed by atoms with Crippen molar-refractivity contribution in [1.29, 1.82) is 0 Å². The van der Waals surface area contributed by atoms with E-state index < -0.39 is 0 Å². The van der Waals surface area contributed by atoms with Gasteiger partial charge in [0.25, 0.3) is 0 Å². The quantitative estimate of drug-likeness (QED) is 0.727. The number of unbranched alkanes of at least 4 members (excludes halogenated alkanes) is 2. The van der Waals surface area contributed by atoms with Crippen LogP contribution in [0.4, 0.5) is 0 Å². The van der Waals surface area contributed by atoms with Gasteiger partial charge in [0.15, 0.2) is 0 Å². The summed E-state index contributed by atoms with van der Waals surface area (Å²) < 4.78 is 0. The minimum atomic E-state index is 0.203. The number of hydrogen-bond donors (Lipinski definition) is 2. The van der Waals surface area contributed by atoms with Crippen LogP contribution in [0.25, 0.3) is 0 Å². The van der Waals surface area contributed by atoms with Gasteiger partial charge in [-0.25, -0.2) is 0 Å². The lowest BCUT2D eigenvalue weighted by atomic mass is 10.0. The maximum Gasteiger partial charge on any atom is 0.125 e. The van der Waals surface area contributed by atoms with Crippen molar-refractivity contribution in [3.63, 3.8) is 0 Å². The van der Waals surface area contributed by atoms with Gasteiger partial charge in [0, 0.05) is 5.56 Å². The Bertz CT molecular complexity index is 547. The highest BCUT2D eigenvalue weighted by Crippen LogP contribution is 2.31. The topological polar surface area (TPSA) is 40.5 Å². The Morgan fingerprint density at radius 3 is 2.05 bits per heavy atom. The van der Waals surface area contributed by atoms with Gasteiger partial charge >= 0.3 is 0 Å². The zero-order valence-electron chi connectivity index (χ0n) is 14.0. The van der Waals surface area contributed by atoms with Gasteiger partial charge < -0.3 is 10.2 Å². The molecule has 0 aliphatic rings. The molecule has 0 amide bonds. The van der Waals surface area contributed by atoms with Crippen LogP contribution in [0.2, 0.25) is 0 Å². The molecule has 0 aliphatic carbocycles. The zero-order chi connectivity index (χ0) is 16.4. The molecule has 0 bridgehead atoms. The largest absolute Gasteiger partial charge is 0.508 e. The van der Waals surface area contributed by atoms with Gasteiger partial charge in [0.05, 0.1) is 0 Å². The third kappa shape index (κ3) is 5.80. The lowest BCUT2D eigenvalue weighted by molar-refractivity contribution is 0.434. The second-order valence-corrected chi connectivity index (χ2v) is 5.54. The van der Waals surface area contributed by atoms with Crippen molar-refractivity contribution in [3.05, 3.63) is 59.2 Å². The smallest absolute Gasteiger partial charge is 0.125 e. The van der Waals surface area contributed by atoms with Crippen molar-refractivity contribution in [1.82, 2.24) is 0 Å². The van der Waals surface area contributed by atoms with E-state index in [0.29, 0.717) is 12.0 Å². The number of phenols is 2. The Hall–Kier alpha value is -1.96. The average molecular weight is 300 g/mol. The molecular weight excluding hydrogens is 272 g/mol. The molecule has 0 unspecified atom stereocenters. The SMILES string of the molecule is CCCCCc1ccc(O)c(CC)c1O.Cc1ccccc1. The Morgan fingerprint density at radius 2 is 1.55 bits per heavy atom. The molecule has 2 aromatic carbocycles. The van der Waals surface area contributed by atoms with E-state index in [2.05, 4.69) is 26.0 Å². The molecule has 0 atom stereocenters. The Morgan fingerprint density at radius 1 is 0.864 bits per heavy atom. The molecule has 2 heteroatoms. The highest BCUT2D eigenvalue weighted by molar-refractivity contribution is 5.48. The summed E-state index contributed by atoms with van der Waals surface area (Å²) in [6.45, 7) is 6.18. The fourth-order valence-corrected chi connectivity index (χ4v) is 2.32. The molecule has 0 saturated carbocycles. The van der Waals surface area contributed by atoms with Crippen molar-refractivity contribution in [2.45, 2.75) is 52.9 Å². The van der Waals surface area contributed by atoms with E-state index >= 15 is 0 Å². The zero-order valence-corrected chi connectivity index (χ0v) is 14.0. The van der Waals surface area contributed by atoms with Crippen molar-refractivity contribution >= 4 is 0 Å². The minimum Gasteiger partial charge on any atom is -0.508 e. The van der Waals surface area contributed by atoms with E-state index in [4.69, 9.17) is 0 Å². The number of phenolic OH excluding ortho intramolecular Hbond substituents is 2. The molecule has 0 aromatic heterocycles. The second-order valence-electron chi connectivity index (χ2n) is 5.54. The highest BCUT2D eigenvalue weighted by Gasteiger charge is 2.09. The summed E-state index contributed by atoms with van der Waals surface area (Å²) in [6, 6.07) is 13.8. The van der Waals surface area contributed by atoms with Crippen LogP contribution in [0, 0.1) is 6.92 Å². The van der Waals surface area contributed by atoms with E-state index in [1.807, 2.05) is 31.2 Å². The summed E-state index contributed by atoms with van der Waals surface area (Å²) in [5, 5.41) is 19.4. The first-order chi connectivity index (χ1) is 10.6. The molecule has 0 fully saturated rings. The van der Waals surface area contributed by atoms with Crippen LogP contribution in [0.15, 0.2) is 42.5 Å². The third-order valence-electron chi connectivity index (χ3n) is 3.69. The molecule has 0 radical (unpaired) electrons. The molecule has 2 rings (SSSR count). The van der Waals surface area contributed by atoms with E-state index in [1.54, 1.807) is 6.07 Å². The number of aromatic hydroxyl groups is 2. The standard InChI is InChI=1S/C13H20O2.C7H8/c1-3-5-6-7-10-8-9-12(14)11(4-2)13(10)15;1-7-5-3-2-4-6-7/h8-9,14-15H,3-7H2,1-2H3;2-6H,1H3. The van der Waals surface area contributed by atoms with Gasteiger partial charge in [-0.05, 0) is 37.8 Å². The van der Waals surface area contributed by atoms with E-state index in [-0.39, 0.29) is 11.5 Å². The first-order valence-corrected chi connectivity index (χ1v) is 8.14. The van der Waals surface area contributed by atoms with Crippen molar-refractivity contribution in [3.8, 4) is 11.5 Å². The first kappa shape index (κ1) is 18.1. The highest BCUT2D eigenvalue weighted by atomic mass is 16.3. The van der Waals surface area contributed by atoms with Crippen LogP contribution in [0.3, 0.4) is 0 Å². The third-order valence-corrected chi connectivity index (χ3v) is 3.69. The molecule has 0 saturated heterocycles. The van der Waals surface area contributed by atoms with Crippen molar-refractivity contribution in [2.75, 3.05) is 0 Å². The van der Waals surface area contributed by atoms with Crippen LogP contribution >= 0.6 is 0 Å². The fourth-order valence-electron chi connectivity index (χ4n) is 2.32. The second kappa shape index (κ2) is 9.88. The van der Waals surface area contributed by atoms with Crippen LogP contribution in [-0.4, -0.2) is 10.2 Å². The van der Waals surface area contributed by atoms with E-state index in [9.17, 15) is 10.2 Å². The lowest BCUT2D eigenvalue weighted by Crippen LogP contribution is -1.91. The van der Waals surface area contributed by atoms with Crippen LogP contribution in [0.5, 0.6) is 11.5 Å². The lowest BCUT2D eigenvalue weighted by Gasteiger charge is -2.10. The van der Waals surface area contributed by atoms with Crippen LogP contribution < -0.4 is 0 Å². The Labute approximate surface area is 134 Å². The van der Waals surface area contributed by atoms with Gasteiger partial charge in [-0.3, -0.25) is 0 Å². The van der Waals surface area contributed by atoms with Gasteiger partial charge in [-0.15, -0.1) is 0 Å². The van der Waals surface area contributed by atoms with E-state index in [1.165, 1.54) is 18.4 Å². The fraction of sp³-hybridized carbons (Fsp3) is 0.400. The van der Waals surface area contributed by atoms with Crippen molar-refractivity contribution < 1.29 is 10.2 Å². The summed E-state index contributed by atoms with van der Waals surface area (Å²) in [6.07, 6.45) is 5.02. The summed E-state index contributed by atoms with van der Waals surface area (Å²) in [5.74, 6) is 0.489. The molecule has 0 spiro atoms. The number of benzene rings is 2. The normalized spacial score (nSPS) is 9.95. The summed E-state index contributed by atoms with van der Waals surface area (Å²) in [5.41, 5.74) is 2.95. The van der Waals surface area contributed by atoms with Crippen molar-refractivity contribution in [2.24, 2.45) is 0 Å². The molecule has 22 heavy (non-hydrogen) atoms. The molecule has 0 heterocycles. The average Bonchev–Trinajstić information content (AvgIpc) is 2.52. The predicted molar refractivity (Wildman–Crippen MR) is 93.6 cm³/mol. The van der Waals surface area contributed by atoms with Gasteiger partial charge in [0.1, 0.15) is 11.5 Å². The number of rotatable bonds is 5. The predicted octanol–water partition coefficient (Wildman–Crippen LogP) is 5.39. The number of hydrogen-bond acceptors (Lipinski definition) is 2. The molecule has 2 N–H and O–H groups in total. The monoisotopic (exact) mass is 300 g/mol. The first-order valence-electron chi connectivity index (χ1n) is 8.14. The van der Waals surface area contributed by atoms with Crippen LogP contribution in [0.1, 0.15) is 49.8 Å². The Kier molecular flexibility index (Phi) is 8.13. The molecule has 0 aliphatic heterocycles. The summed E-state index contributed by atoms with van der Waals surface area (Å²) in [7, 11) is 0. The van der Waals surface area contributed by atoms with Crippen LogP contribution in [-0.2, 0) is 12.8 Å². The van der Waals surface area contributed by atoms with Gasteiger partial charge in [-0.2, -0.15) is 0 Å². The molecular formula is C20H28O2. The maximum atomic E-state index is 9.91. The Balaban J connectivity index is 0.000000287. The maximum absolute atomic E-state index is 9.91. The number of aryl methyl sites for hydroxylation is 2. The molecule has 2 aromatic rings. The van der Waals surface area contributed by atoms with Gasteiger partial charge in [-0.1, -0.05) is 68.7 Å². The summed E-state index contributed by atoms with van der Waals surface area (Å²) >= 11 is 0. The molecule has 2 nitrogen and oxygen atoms in total.